The highest BCUT2D eigenvalue weighted by Crippen LogP contribution is 2.51. The predicted octanol–water partition coefficient (Wildman–Crippen LogP) is 16.3. The van der Waals surface area contributed by atoms with E-state index in [0.717, 1.165) is 84.3 Å². The van der Waals surface area contributed by atoms with Crippen LogP contribution in [0.1, 0.15) is 36.1 Å². The van der Waals surface area contributed by atoms with Crippen LogP contribution in [0.2, 0.25) is 0 Å². The number of pyridine rings is 2. The fourth-order valence-corrected chi connectivity index (χ4v) is 11.1. The topological polar surface area (TPSA) is 37.8 Å². The molecule has 0 saturated carbocycles. The van der Waals surface area contributed by atoms with Crippen LogP contribution in [0.3, 0.4) is 0 Å². The Hall–Kier alpha value is -8.54. The van der Waals surface area contributed by atoms with Gasteiger partial charge in [0.15, 0.2) is 0 Å². The Kier molecular flexibility index (Phi) is 8.93. The van der Waals surface area contributed by atoms with E-state index in [1.54, 1.807) is 0 Å². The van der Waals surface area contributed by atoms with Crippen LogP contribution in [-0.2, 0) is 5.41 Å². The van der Waals surface area contributed by atoms with Gasteiger partial charge in [-0.1, -0.05) is 178 Å². The van der Waals surface area contributed by atoms with Gasteiger partial charge in [-0.15, -0.1) is 0 Å². The van der Waals surface area contributed by atoms with E-state index in [9.17, 15) is 0 Å². The summed E-state index contributed by atoms with van der Waals surface area (Å²) in [6.45, 7) is 9.12. The van der Waals surface area contributed by atoms with Crippen molar-refractivity contribution < 1.29 is 0 Å². The molecule has 12 aromatic rings. The van der Waals surface area contributed by atoms with Crippen molar-refractivity contribution in [2.24, 2.45) is 0 Å². The van der Waals surface area contributed by atoms with Crippen molar-refractivity contribution in [3.63, 3.8) is 0 Å². The largest absolute Gasteiger partial charge is 0.310 e. The molecule has 0 amide bonds. The number of benzene rings is 8. The molecule has 0 N–H and O–H groups in total. The Bertz CT molecular complexity index is 3730. The molecule has 0 bridgehead atoms. The standard InChI is InChI=1S/C63H47N5/c1-40-59(64-67-57(42-17-7-5-8-18-42)37-46-21-11-13-23-51(46)61(40)67)44-27-31-48(32-28-44)66(50-35-36-54-53-25-15-16-26-55(53)63(3,4)56(54)39-50)49-33-29-45(30-34-49)60-41(2)62-52-24-14-12-22-47(52)38-58(68(62)65-60)43-19-9-6-10-20-43/h5-39H,1-4H3. The zero-order valence-electron chi connectivity index (χ0n) is 38.4. The van der Waals surface area contributed by atoms with Crippen LogP contribution in [0.15, 0.2) is 212 Å². The maximum atomic E-state index is 5.37. The van der Waals surface area contributed by atoms with Gasteiger partial charge < -0.3 is 4.90 Å². The zero-order chi connectivity index (χ0) is 45.7. The zero-order valence-corrected chi connectivity index (χ0v) is 38.4. The van der Waals surface area contributed by atoms with Crippen molar-refractivity contribution in [1.82, 2.24) is 19.2 Å². The minimum Gasteiger partial charge on any atom is -0.310 e. The van der Waals surface area contributed by atoms with Crippen LogP contribution in [0.4, 0.5) is 17.1 Å². The molecule has 0 fully saturated rings. The van der Waals surface area contributed by atoms with Gasteiger partial charge >= 0.3 is 0 Å². The van der Waals surface area contributed by atoms with Gasteiger partial charge in [-0.25, -0.2) is 9.03 Å². The molecule has 4 heterocycles. The highest BCUT2D eigenvalue weighted by atomic mass is 15.2. The van der Waals surface area contributed by atoms with Crippen LogP contribution in [-0.4, -0.2) is 19.2 Å². The second kappa shape index (κ2) is 15.3. The van der Waals surface area contributed by atoms with Crippen molar-refractivity contribution >= 4 is 49.6 Å². The summed E-state index contributed by atoms with van der Waals surface area (Å²) >= 11 is 0. The third kappa shape index (κ3) is 6.09. The molecular formula is C63H47N5. The highest BCUT2D eigenvalue weighted by molar-refractivity contribution is 6.03. The number of aromatic nitrogens is 4. The second-order valence-corrected chi connectivity index (χ2v) is 18.8. The summed E-state index contributed by atoms with van der Waals surface area (Å²) in [7, 11) is 0. The number of hydrogen-bond acceptors (Lipinski definition) is 3. The van der Waals surface area contributed by atoms with Crippen LogP contribution in [0.25, 0.3) is 88.7 Å². The van der Waals surface area contributed by atoms with Crippen LogP contribution in [0.5, 0.6) is 0 Å². The van der Waals surface area contributed by atoms with Gasteiger partial charge in [0.05, 0.1) is 33.8 Å². The minimum absolute atomic E-state index is 0.145. The van der Waals surface area contributed by atoms with Crippen molar-refractivity contribution in [1.29, 1.82) is 0 Å². The summed E-state index contributed by atoms with van der Waals surface area (Å²) in [5.74, 6) is 0. The maximum Gasteiger partial charge on any atom is 0.0963 e. The van der Waals surface area contributed by atoms with E-state index in [-0.39, 0.29) is 5.41 Å². The Balaban J connectivity index is 0.941. The third-order valence-corrected chi connectivity index (χ3v) is 14.5. The smallest absolute Gasteiger partial charge is 0.0963 e. The van der Waals surface area contributed by atoms with Gasteiger partial charge in [0.1, 0.15) is 0 Å². The van der Waals surface area contributed by atoms with Crippen molar-refractivity contribution in [3.8, 4) is 56.2 Å². The highest BCUT2D eigenvalue weighted by Gasteiger charge is 2.36. The molecule has 4 aromatic heterocycles. The summed E-state index contributed by atoms with van der Waals surface area (Å²) in [6.07, 6.45) is 0. The van der Waals surface area contributed by atoms with Crippen LogP contribution < -0.4 is 4.90 Å². The summed E-state index contributed by atoms with van der Waals surface area (Å²) in [4.78, 5) is 2.39. The Morgan fingerprint density at radius 2 is 0.809 bits per heavy atom. The molecule has 0 atom stereocenters. The van der Waals surface area contributed by atoms with Crippen molar-refractivity contribution in [3.05, 3.63) is 235 Å². The first-order valence-corrected chi connectivity index (χ1v) is 23.5. The fourth-order valence-electron chi connectivity index (χ4n) is 11.1. The molecule has 5 nitrogen and oxygen atoms in total. The molecule has 0 saturated heterocycles. The minimum atomic E-state index is -0.145. The Morgan fingerprint density at radius 1 is 0.382 bits per heavy atom. The number of aryl methyl sites for hydroxylation is 2. The Labute approximate surface area is 395 Å². The fraction of sp³-hybridized carbons (Fsp3) is 0.0794. The van der Waals surface area contributed by atoms with E-state index >= 15 is 0 Å². The summed E-state index contributed by atoms with van der Waals surface area (Å²) < 4.78 is 4.29. The van der Waals surface area contributed by atoms with Crippen LogP contribution >= 0.6 is 0 Å². The van der Waals surface area contributed by atoms with E-state index in [4.69, 9.17) is 10.2 Å². The third-order valence-electron chi connectivity index (χ3n) is 14.5. The normalized spacial score (nSPS) is 12.8. The molecule has 0 spiro atoms. The van der Waals surface area contributed by atoms with E-state index in [2.05, 4.69) is 254 Å². The summed E-state index contributed by atoms with van der Waals surface area (Å²) in [5.41, 5.74) is 21.5. The van der Waals surface area contributed by atoms with Gasteiger partial charge in [-0.05, 0) is 95.4 Å². The molecule has 0 radical (unpaired) electrons. The second-order valence-electron chi connectivity index (χ2n) is 18.8. The van der Waals surface area contributed by atoms with Gasteiger partial charge in [-0.2, -0.15) is 10.2 Å². The number of nitrogens with zero attached hydrogens (tertiary/aromatic N) is 5. The predicted molar refractivity (Wildman–Crippen MR) is 282 cm³/mol. The lowest BCUT2D eigenvalue weighted by Gasteiger charge is -2.28. The molecule has 8 aromatic carbocycles. The lowest BCUT2D eigenvalue weighted by molar-refractivity contribution is 0.660. The van der Waals surface area contributed by atoms with Crippen molar-refractivity contribution in [2.75, 3.05) is 4.90 Å². The molecule has 0 aliphatic heterocycles. The summed E-state index contributed by atoms with van der Waals surface area (Å²) in [5, 5.41) is 15.5. The summed E-state index contributed by atoms with van der Waals surface area (Å²) in [6, 6.07) is 76.7. The Morgan fingerprint density at radius 3 is 1.32 bits per heavy atom. The molecule has 5 heteroatoms. The van der Waals surface area contributed by atoms with E-state index in [1.807, 2.05) is 0 Å². The van der Waals surface area contributed by atoms with Gasteiger partial charge in [0.2, 0.25) is 0 Å². The lowest BCUT2D eigenvalue weighted by atomic mass is 9.82. The molecule has 1 aliphatic rings. The van der Waals surface area contributed by atoms with Gasteiger partial charge in [-0.3, -0.25) is 0 Å². The number of fused-ring (bicyclic) bond motifs is 9. The average molecular weight is 874 g/mol. The molecule has 324 valence electrons. The van der Waals surface area contributed by atoms with Gasteiger partial charge in [0.25, 0.3) is 0 Å². The lowest BCUT2D eigenvalue weighted by Crippen LogP contribution is -2.16. The van der Waals surface area contributed by atoms with E-state index in [0.29, 0.717) is 0 Å². The first-order chi connectivity index (χ1) is 33.3. The maximum absolute atomic E-state index is 5.37. The first-order valence-electron chi connectivity index (χ1n) is 23.5. The van der Waals surface area contributed by atoms with Crippen LogP contribution in [0, 0.1) is 13.8 Å². The SMILES string of the molecule is Cc1c(-c2ccc(N(c3ccc(-c4nn5c(-c6ccccc6)cc6ccccc6c5c4C)cc3)c3ccc4c(c3)C(C)(C)c3ccccc3-4)cc2)nn2c(-c3ccccc3)cc3ccccc3c12. The van der Waals surface area contributed by atoms with E-state index < -0.39 is 0 Å². The molecule has 1 aliphatic carbocycles. The van der Waals surface area contributed by atoms with Gasteiger partial charge in [0, 0.05) is 66.6 Å². The van der Waals surface area contributed by atoms with Crippen molar-refractivity contribution in [2.45, 2.75) is 33.1 Å². The van der Waals surface area contributed by atoms with E-state index in [1.165, 1.54) is 43.8 Å². The number of rotatable bonds is 7. The molecular weight excluding hydrogens is 827 g/mol. The molecule has 0 unspecified atom stereocenters. The number of anilines is 3. The number of hydrogen-bond donors (Lipinski definition) is 0. The first kappa shape index (κ1) is 39.8. The molecule has 13 rings (SSSR count). The molecule has 68 heavy (non-hydrogen) atoms. The average Bonchev–Trinajstić information content (AvgIpc) is 4.00. The monoisotopic (exact) mass is 873 g/mol. The quantitative estimate of drug-likeness (QED) is 0.160.